The first-order valence-electron chi connectivity index (χ1n) is 4.66. The van der Waals surface area contributed by atoms with E-state index in [1.54, 1.807) is 6.08 Å². The summed E-state index contributed by atoms with van der Waals surface area (Å²) < 4.78 is 0. The van der Waals surface area contributed by atoms with Gasteiger partial charge in [-0.15, -0.1) is 0 Å². The number of carbonyl (C=O) groups is 1. The highest BCUT2D eigenvalue weighted by Crippen LogP contribution is 2.47. The maximum Gasteiger partial charge on any atom is 0.159 e. The fourth-order valence-corrected chi connectivity index (χ4v) is 2.49. The molecule has 70 valence electrons. The molecule has 3 atom stereocenters. The first-order valence-corrected chi connectivity index (χ1v) is 4.66. The summed E-state index contributed by atoms with van der Waals surface area (Å²) in [6, 6.07) is 0. The van der Waals surface area contributed by atoms with Gasteiger partial charge in [0.1, 0.15) is 0 Å². The van der Waals surface area contributed by atoms with Gasteiger partial charge in [0.2, 0.25) is 0 Å². The van der Waals surface area contributed by atoms with Crippen molar-refractivity contribution in [2.45, 2.75) is 25.4 Å². The number of allylic oxidation sites excluding steroid dienone is 1. The van der Waals surface area contributed by atoms with Crippen molar-refractivity contribution in [3.63, 3.8) is 0 Å². The maximum atomic E-state index is 11.3. The molecule has 2 rings (SSSR count). The summed E-state index contributed by atoms with van der Waals surface area (Å²) in [5.74, 6) is 0.168. The molecule has 1 fully saturated rings. The third-order valence-electron chi connectivity index (χ3n) is 3.39. The number of rotatable bonds is 1. The van der Waals surface area contributed by atoms with Crippen molar-refractivity contribution in [3.05, 3.63) is 24.3 Å². The first-order chi connectivity index (χ1) is 6.05. The molecule has 0 saturated heterocycles. The third kappa shape index (κ3) is 1.02. The fraction of sp³-hybridized carbons (Fsp3) is 0.545. The average molecular weight is 178 g/mol. The van der Waals surface area contributed by atoms with Crippen LogP contribution >= 0.6 is 0 Å². The summed E-state index contributed by atoms with van der Waals surface area (Å²) in [4.78, 5) is 11.3. The molecule has 0 radical (unpaired) electrons. The number of aliphatic hydroxyl groups is 1. The normalized spacial score (nSPS) is 42.5. The van der Waals surface area contributed by atoms with Gasteiger partial charge in [0.05, 0.1) is 5.60 Å². The van der Waals surface area contributed by atoms with Crippen LogP contribution in [0.1, 0.15) is 19.8 Å². The Labute approximate surface area is 78.0 Å². The van der Waals surface area contributed by atoms with E-state index in [-0.39, 0.29) is 17.6 Å². The molecule has 0 amide bonds. The van der Waals surface area contributed by atoms with Gasteiger partial charge in [-0.25, -0.2) is 0 Å². The molecule has 0 bridgehead atoms. The van der Waals surface area contributed by atoms with Crippen LogP contribution in [0.2, 0.25) is 0 Å². The van der Waals surface area contributed by atoms with E-state index in [0.29, 0.717) is 6.42 Å². The first kappa shape index (κ1) is 8.70. The third-order valence-corrected chi connectivity index (χ3v) is 3.39. The molecule has 2 heteroatoms. The lowest BCUT2D eigenvalue weighted by molar-refractivity contribution is -0.118. The van der Waals surface area contributed by atoms with Gasteiger partial charge in [-0.2, -0.15) is 0 Å². The molecule has 2 nitrogen and oxygen atoms in total. The van der Waals surface area contributed by atoms with Crippen LogP contribution < -0.4 is 0 Å². The van der Waals surface area contributed by atoms with Crippen LogP contribution in [0.3, 0.4) is 0 Å². The lowest BCUT2D eigenvalue weighted by Crippen LogP contribution is -2.34. The molecule has 0 aliphatic heterocycles. The molecule has 0 aromatic rings. The number of hydrogen-bond acceptors (Lipinski definition) is 2. The standard InChI is InChI=1S/C11H14O2/c1-7(2)11(13)6-5-8-9(11)3-4-10(8)12/h3-4,8-9,13H,1,5-6H2,2H3. The van der Waals surface area contributed by atoms with Crippen LogP contribution in [0.5, 0.6) is 0 Å². The molecule has 0 spiro atoms. The average Bonchev–Trinajstić information content (AvgIpc) is 2.57. The van der Waals surface area contributed by atoms with Gasteiger partial charge in [0.15, 0.2) is 5.78 Å². The second-order valence-corrected chi connectivity index (χ2v) is 4.14. The Morgan fingerprint density at radius 1 is 1.77 bits per heavy atom. The van der Waals surface area contributed by atoms with E-state index in [4.69, 9.17) is 0 Å². The molecule has 2 aliphatic carbocycles. The topological polar surface area (TPSA) is 37.3 Å². The van der Waals surface area contributed by atoms with Gasteiger partial charge in [0.25, 0.3) is 0 Å². The summed E-state index contributed by atoms with van der Waals surface area (Å²) in [6.45, 7) is 5.63. The minimum atomic E-state index is -0.826. The van der Waals surface area contributed by atoms with Gasteiger partial charge in [0, 0.05) is 11.8 Å². The predicted molar refractivity (Wildman–Crippen MR) is 50.1 cm³/mol. The second-order valence-electron chi connectivity index (χ2n) is 4.14. The van der Waals surface area contributed by atoms with Crippen LogP contribution in [0, 0.1) is 11.8 Å². The Morgan fingerprint density at radius 3 is 3.08 bits per heavy atom. The van der Waals surface area contributed by atoms with Crippen LogP contribution in [0.25, 0.3) is 0 Å². The van der Waals surface area contributed by atoms with Crippen molar-refractivity contribution < 1.29 is 9.90 Å². The van der Waals surface area contributed by atoms with E-state index >= 15 is 0 Å². The van der Waals surface area contributed by atoms with Gasteiger partial charge >= 0.3 is 0 Å². The van der Waals surface area contributed by atoms with Gasteiger partial charge in [-0.3, -0.25) is 4.79 Å². The van der Waals surface area contributed by atoms with Crippen LogP contribution in [-0.4, -0.2) is 16.5 Å². The van der Waals surface area contributed by atoms with Crippen molar-refractivity contribution in [1.82, 2.24) is 0 Å². The van der Waals surface area contributed by atoms with E-state index in [2.05, 4.69) is 6.58 Å². The summed E-state index contributed by atoms with van der Waals surface area (Å²) in [5.41, 5.74) is -0.0489. The summed E-state index contributed by atoms with van der Waals surface area (Å²) in [6.07, 6.45) is 4.91. The van der Waals surface area contributed by atoms with Crippen molar-refractivity contribution in [2.24, 2.45) is 11.8 Å². The van der Waals surface area contributed by atoms with Gasteiger partial charge in [-0.05, 0) is 31.4 Å². The molecule has 0 heterocycles. The molecule has 3 unspecified atom stereocenters. The number of hydrogen-bond donors (Lipinski definition) is 1. The minimum Gasteiger partial charge on any atom is -0.385 e. The molecular formula is C11H14O2. The van der Waals surface area contributed by atoms with Crippen LogP contribution in [-0.2, 0) is 4.79 Å². The Kier molecular flexibility index (Phi) is 1.70. The maximum absolute atomic E-state index is 11.3. The SMILES string of the molecule is C=C(C)C1(O)CCC2C(=O)C=CC21. The Balaban J connectivity index is 2.33. The largest absolute Gasteiger partial charge is 0.385 e. The minimum absolute atomic E-state index is 0.0155. The number of ketones is 1. The Bertz CT molecular complexity index is 303. The summed E-state index contributed by atoms with van der Waals surface area (Å²) in [7, 11) is 0. The zero-order chi connectivity index (χ0) is 9.64. The highest BCUT2D eigenvalue weighted by Gasteiger charge is 2.50. The Morgan fingerprint density at radius 2 is 2.46 bits per heavy atom. The zero-order valence-electron chi connectivity index (χ0n) is 7.79. The second kappa shape index (κ2) is 2.55. The molecule has 2 aliphatic rings. The molecule has 0 aromatic heterocycles. The fourth-order valence-electron chi connectivity index (χ4n) is 2.49. The van der Waals surface area contributed by atoms with Crippen molar-refractivity contribution in [3.8, 4) is 0 Å². The van der Waals surface area contributed by atoms with Gasteiger partial charge in [-0.1, -0.05) is 12.7 Å². The number of carbonyl (C=O) groups excluding carboxylic acids is 1. The van der Waals surface area contributed by atoms with Crippen molar-refractivity contribution in [2.75, 3.05) is 0 Å². The molecule has 13 heavy (non-hydrogen) atoms. The molecule has 1 saturated carbocycles. The highest BCUT2D eigenvalue weighted by atomic mass is 16.3. The number of fused-ring (bicyclic) bond motifs is 1. The quantitative estimate of drug-likeness (QED) is 0.617. The monoisotopic (exact) mass is 178 g/mol. The highest BCUT2D eigenvalue weighted by molar-refractivity contribution is 5.95. The zero-order valence-corrected chi connectivity index (χ0v) is 7.79. The van der Waals surface area contributed by atoms with Crippen molar-refractivity contribution in [1.29, 1.82) is 0 Å². The molecule has 1 N–H and O–H groups in total. The van der Waals surface area contributed by atoms with Crippen molar-refractivity contribution >= 4 is 5.78 Å². The van der Waals surface area contributed by atoms with E-state index in [1.807, 2.05) is 13.0 Å². The smallest absolute Gasteiger partial charge is 0.159 e. The summed E-state index contributed by atoms with van der Waals surface area (Å²) in [5, 5.41) is 10.3. The predicted octanol–water partition coefficient (Wildman–Crippen LogP) is 1.46. The lowest BCUT2D eigenvalue weighted by atomic mass is 9.83. The lowest BCUT2D eigenvalue weighted by Gasteiger charge is -2.28. The van der Waals surface area contributed by atoms with Crippen LogP contribution in [0.15, 0.2) is 24.3 Å². The van der Waals surface area contributed by atoms with Gasteiger partial charge < -0.3 is 5.11 Å². The van der Waals surface area contributed by atoms with Crippen LogP contribution in [0.4, 0.5) is 0 Å². The molecular weight excluding hydrogens is 164 g/mol. The van der Waals surface area contributed by atoms with E-state index < -0.39 is 5.60 Å². The van der Waals surface area contributed by atoms with E-state index in [1.165, 1.54) is 0 Å². The van der Waals surface area contributed by atoms with E-state index in [9.17, 15) is 9.90 Å². The Hall–Kier alpha value is -0.890. The summed E-state index contributed by atoms with van der Waals surface area (Å²) >= 11 is 0. The van der Waals surface area contributed by atoms with E-state index in [0.717, 1.165) is 12.0 Å². The molecule has 0 aromatic carbocycles.